The molecule has 1 heterocycles. The Balaban J connectivity index is 1.99. The Morgan fingerprint density at radius 1 is 1.38 bits per heavy atom. The molecule has 24 heavy (non-hydrogen) atoms. The molecule has 6 heteroatoms. The van der Waals surface area contributed by atoms with Crippen molar-refractivity contribution in [3.63, 3.8) is 0 Å². The van der Waals surface area contributed by atoms with E-state index in [1.165, 1.54) is 26.7 Å². The van der Waals surface area contributed by atoms with E-state index in [2.05, 4.69) is 12.2 Å². The summed E-state index contributed by atoms with van der Waals surface area (Å²) in [7, 11) is 2.98. The highest BCUT2D eigenvalue weighted by molar-refractivity contribution is 5.78. The molecule has 1 amide bonds. The predicted octanol–water partition coefficient (Wildman–Crippen LogP) is 2.75. The van der Waals surface area contributed by atoms with Crippen LogP contribution in [0.25, 0.3) is 0 Å². The predicted molar refractivity (Wildman–Crippen MR) is 90.9 cm³/mol. The van der Waals surface area contributed by atoms with E-state index in [9.17, 15) is 9.18 Å². The standard InChI is InChI=1S/C18H27FN2O3/c1-12-6-5-7-21(11-12)18(22)10-20-13(2)14-8-16(23-3)17(24-4)9-15(14)19/h8-9,12-13,20H,5-7,10-11H2,1-4H3. The number of nitrogens with zero attached hydrogens (tertiary/aromatic N) is 1. The molecular weight excluding hydrogens is 311 g/mol. The average Bonchev–Trinajstić information content (AvgIpc) is 2.58. The van der Waals surface area contributed by atoms with Gasteiger partial charge in [0.2, 0.25) is 5.91 Å². The van der Waals surface area contributed by atoms with Crippen molar-refractivity contribution in [3.05, 3.63) is 23.5 Å². The molecular formula is C18H27FN2O3. The Morgan fingerprint density at radius 2 is 2.04 bits per heavy atom. The number of hydrogen-bond donors (Lipinski definition) is 1. The molecule has 0 aromatic heterocycles. The Labute approximate surface area is 143 Å². The van der Waals surface area contributed by atoms with Crippen molar-refractivity contribution in [1.29, 1.82) is 0 Å². The number of piperidine rings is 1. The number of carbonyl (C=O) groups is 1. The van der Waals surface area contributed by atoms with E-state index in [0.29, 0.717) is 23.0 Å². The minimum atomic E-state index is -0.383. The third-order valence-corrected chi connectivity index (χ3v) is 4.54. The van der Waals surface area contributed by atoms with E-state index in [1.807, 2.05) is 11.8 Å². The van der Waals surface area contributed by atoms with Crippen molar-refractivity contribution in [3.8, 4) is 11.5 Å². The van der Waals surface area contributed by atoms with Crippen molar-refractivity contribution in [2.24, 2.45) is 5.92 Å². The second-order valence-corrected chi connectivity index (χ2v) is 6.42. The molecule has 0 bridgehead atoms. The van der Waals surface area contributed by atoms with Crippen LogP contribution in [0.1, 0.15) is 38.3 Å². The lowest BCUT2D eigenvalue weighted by atomic mass is 10.0. The van der Waals surface area contributed by atoms with Crippen LogP contribution in [0, 0.1) is 11.7 Å². The smallest absolute Gasteiger partial charge is 0.236 e. The van der Waals surface area contributed by atoms with Crippen LogP contribution in [0.5, 0.6) is 11.5 Å². The Hall–Kier alpha value is -1.82. The number of carbonyl (C=O) groups excluding carboxylic acids is 1. The molecule has 0 saturated carbocycles. The van der Waals surface area contributed by atoms with Crippen LogP contribution in [0.2, 0.25) is 0 Å². The van der Waals surface area contributed by atoms with Crippen molar-refractivity contribution < 1.29 is 18.7 Å². The summed E-state index contributed by atoms with van der Waals surface area (Å²) in [5, 5.41) is 3.11. The number of hydrogen-bond acceptors (Lipinski definition) is 4. The van der Waals surface area contributed by atoms with Gasteiger partial charge in [0, 0.05) is 30.8 Å². The van der Waals surface area contributed by atoms with E-state index in [4.69, 9.17) is 9.47 Å². The van der Waals surface area contributed by atoms with Gasteiger partial charge in [-0.25, -0.2) is 4.39 Å². The van der Waals surface area contributed by atoms with E-state index in [0.717, 1.165) is 19.5 Å². The molecule has 1 aromatic rings. The van der Waals surface area contributed by atoms with E-state index in [-0.39, 0.29) is 24.3 Å². The van der Waals surface area contributed by atoms with Crippen molar-refractivity contribution in [2.45, 2.75) is 32.7 Å². The average molecular weight is 338 g/mol. The molecule has 1 aliphatic rings. The molecule has 134 valence electrons. The number of likely N-dealkylation sites (tertiary alicyclic amines) is 1. The van der Waals surface area contributed by atoms with E-state index in [1.54, 1.807) is 6.07 Å². The van der Waals surface area contributed by atoms with Gasteiger partial charge in [-0.1, -0.05) is 6.92 Å². The number of halogens is 1. The van der Waals surface area contributed by atoms with Gasteiger partial charge in [0.05, 0.1) is 20.8 Å². The molecule has 1 saturated heterocycles. The quantitative estimate of drug-likeness (QED) is 0.866. The fourth-order valence-corrected chi connectivity index (χ4v) is 3.08. The number of benzene rings is 1. The normalized spacial score (nSPS) is 19.0. The Bertz CT molecular complexity index is 580. The zero-order valence-electron chi connectivity index (χ0n) is 14.9. The fourth-order valence-electron chi connectivity index (χ4n) is 3.08. The lowest BCUT2D eigenvalue weighted by Crippen LogP contribution is -2.43. The summed E-state index contributed by atoms with van der Waals surface area (Å²) in [5.41, 5.74) is 0.451. The molecule has 1 N–H and O–H groups in total. The first-order valence-electron chi connectivity index (χ1n) is 8.38. The Morgan fingerprint density at radius 3 is 2.67 bits per heavy atom. The van der Waals surface area contributed by atoms with Gasteiger partial charge in [-0.15, -0.1) is 0 Å². The van der Waals surface area contributed by atoms with Gasteiger partial charge >= 0.3 is 0 Å². The maximum Gasteiger partial charge on any atom is 0.236 e. The molecule has 2 atom stereocenters. The molecule has 1 aromatic carbocycles. The number of amides is 1. The monoisotopic (exact) mass is 338 g/mol. The highest BCUT2D eigenvalue weighted by Gasteiger charge is 2.22. The van der Waals surface area contributed by atoms with Crippen LogP contribution < -0.4 is 14.8 Å². The maximum absolute atomic E-state index is 14.3. The molecule has 0 radical (unpaired) electrons. The molecule has 5 nitrogen and oxygen atoms in total. The van der Waals surface area contributed by atoms with Crippen LogP contribution in [0.15, 0.2) is 12.1 Å². The van der Waals surface area contributed by atoms with E-state index >= 15 is 0 Å². The molecule has 2 rings (SSSR count). The third kappa shape index (κ3) is 4.38. The SMILES string of the molecule is COc1cc(F)c(C(C)NCC(=O)N2CCCC(C)C2)cc1OC. The van der Waals surface area contributed by atoms with Gasteiger partial charge < -0.3 is 19.7 Å². The van der Waals surface area contributed by atoms with Crippen molar-refractivity contribution >= 4 is 5.91 Å². The zero-order valence-corrected chi connectivity index (χ0v) is 14.9. The minimum Gasteiger partial charge on any atom is -0.493 e. The van der Waals surface area contributed by atoms with Gasteiger partial charge in [0.25, 0.3) is 0 Å². The van der Waals surface area contributed by atoms with Crippen LogP contribution in [0.4, 0.5) is 4.39 Å². The summed E-state index contributed by atoms with van der Waals surface area (Å²) in [6, 6.07) is 2.61. The van der Waals surface area contributed by atoms with Crippen LogP contribution in [0.3, 0.4) is 0 Å². The number of nitrogens with one attached hydrogen (secondary N) is 1. The first-order chi connectivity index (χ1) is 11.5. The maximum atomic E-state index is 14.3. The second-order valence-electron chi connectivity index (χ2n) is 6.42. The van der Waals surface area contributed by atoms with Gasteiger partial charge in [-0.2, -0.15) is 0 Å². The topological polar surface area (TPSA) is 50.8 Å². The summed E-state index contributed by atoms with van der Waals surface area (Å²) in [6.45, 7) is 5.80. The molecule has 0 aliphatic carbocycles. The fraction of sp³-hybridized carbons (Fsp3) is 0.611. The van der Waals surface area contributed by atoms with Gasteiger partial charge in [-0.05, 0) is 31.7 Å². The van der Waals surface area contributed by atoms with Crippen molar-refractivity contribution in [1.82, 2.24) is 10.2 Å². The summed E-state index contributed by atoms with van der Waals surface area (Å²) in [6.07, 6.45) is 2.22. The minimum absolute atomic E-state index is 0.0642. The zero-order chi connectivity index (χ0) is 17.7. The molecule has 2 unspecified atom stereocenters. The second kappa shape index (κ2) is 8.33. The third-order valence-electron chi connectivity index (χ3n) is 4.54. The molecule has 1 fully saturated rings. The summed E-state index contributed by atoms with van der Waals surface area (Å²) >= 11 is 0. The first-order valence-corrected chi connectivity index (χ1v) is 8.38. The lowest BCUT2D eigenvalue weighted by Gasteiger charge is -2.31. The highest BCUT2D eigenvalue weighted by Crippen LogP contribution is 2.32. The van der Waals surface area contributed by atoms with Crippen molar-refractivity contribution in [2.75, 3.05) is 33.9 Å². The Kier molecular flexibility index (Phi) is 6.43. The van der Waals surface area contributed by atoms with Gasteiger partial charge in [0.1, 0.15) is 5.82 Å². The largest absolute Gasteiger partial charge is 0.493 e. The van der Waals surface area contributed by atoms with E-state index < -0.39 is 0 Å². The lowest BCUT2D eigenvalue weighted by molar-refractivity contribution is -0.132. The molecule has 0 spiro atoms. The van der Waals surface area contributed by atoms with Gasteiger partial charge in [-0.3, -0.25) is 4.79 Å². The van der Waals surface area contributed by atoms with Gasteiger partial charge in [0.15, 0.2) is 11.5 Å². The summed E-state index contributed by atoms with van der Waals surface area (Å²) in [5.74, 6) is 1.05. The first kappa shape index (κ1) is 18.5. The summed E-state index contributed by atoms with van der Waals surface area (Å²) < 4.78 is 24.6. The summed E-state index contributed by atoms with van der Waals surface area (Å²) in [4.78, 5) is 14.2. The van der Waals surface area contributed by atoms with Crippen LogP contribution in [-0.2, 0) is 4.79 Å². The number of ether oxygens (including phenoxy) is 2. The molecule has 1 aliphatic heterocycles. The number of rotatable bonds is 6. The van der Waals surface area contributed by atoms with Crippen LogP contribution in [-0.4, -0.2) is 44.7 Å². The van der Waals surface area contributed by atoms with Crippen LogP contribution >= 0.6 is 0 Å². The highest BCUT2D eigenvalue weighted by atomic mass is 19.1. The number of methoxy groups -OCH3 is 2.